The molecule has 2 fully saturated rings. The molecule has 3 amide bonds. The highest BCUT2D eigenvalue weighted by atomic mass is 16.5. The van der Waals surface area contributed by atoms with Crippen molar-refractivity contribution in [3.05, 3.63) is 29.1 Å². The number of ether oxygens (including phenoxy) is 1. The molecule has 1 aromatic rings. The van der Waals surface area contributed by atoms with Gasteiger partial charge in [-0.15, -0.1) is 0 Å². The van der Waals surface area contributed by atoms with E-state index in [9.17, 15) is 9.59 Å². The second-order valence-electron chi connectivity index (χ2n) is 8.11. The van der Waals surface area contributed by atoms with Crippen LogP contribution in [0.3, 0.4) is 0 Å². The Morgan fingerprint density at radius 3 is 2.43 bits per heavy atom. The van der Waals surface area contributed by atoms with Gasteiger partial charge in [0.15, 0.2) is 0 Å². The molecule has 2 saturated heterocycles. The zero-order valence-corrected chi connectivity index (χ0v) is 18.5. The van der Waals surface area contributed by atoms with Gasteiger partial charge in [-0.05, 0) is 38.8 Å². The number of aromatic nitrogens is 1. The van der Waals surface area contributed by atoms with Gasteiger partial charge in [-0.25, -0.2) is 4.79 Å². The summed E-state index contributed by atoms with van der Waals surface area (Å²) in [6, 6.07) is 3.86. The van der Waals surface area contributed by atoms with Gasteiger partial charge in [-0.2, -0.15) is 0 Å². The van der Waals surface area contributed by atoms with Crippen molar-refractivity contribution in [3.8, 4) is 0 Å². The first-order valence-electron chi connectivity index (χ1n) is 11.0. The average Bonchev–Trinajstić information content (AvgIpc) is 2.78. The van der Waals surface area contributed by atoms with Crippen LogP contribution in [-0.4, -0.2) is 97.7 Å². The minimum Gasteiger partial charge on any atom is -0.383 e. The van der Waals surface area contributed by atoms with Crippen LogP contribution in [0.5, 0.6) is 0 Å². The summed E-state index contributed by atoms with van der Waals surface area (Å²) in [4.78, 5) is 36.3. The molecule has 0 aliphatic carbocycles. The fraction of sp³-hybridized carbons (Fsp3) is 0.682. The van der Waals surface area contributed by atoms with Gasteiger partial charge in [0.2, 0.25) is 0 Å². The molecule has 1 aromatic heterocycles. The number of aryl methyl sites for hydroxylation is 1. The first-order chi connectivity index (χ1) is 14.5. The fourth-order valence-electron chi connectivity index (χ4n) is 4.25. The number of pyridine rings is 1. The number of hydrogen-bond donors (Lipinski definition) is 1. The molecule has 3 heterocycles. The zero-order valence-electron chi connectivity index (χ0n) is 18.5. The number of carbonyl (C=O) groups is 2. The summed E-state index contributed by atoms with van der Waals surface area (Å²) in [6.07, 6.45) is 1.66. The highest BCUT2D eigenvalue weighted by molar-refractivity contribution is 5.95. The third kappa shape index (κ3) is 5.49. The summed E-state index contributed by atoms with van der Waals surface area (Å²) in [6.45, 7) is 10.7. The minimum absolute atomic E-state index is 0.00389. The van der Waals surface area contributed by atoms with Crippen LogP contribution in [0.4, 0.5) is 4.79 Å². The number of likely N-dealkylation sites (tertiary alicyclic amines) is 1. The number of carbonyl (C=O) groups excluding carboxylic acids is 2. The Balaban J connectivity index is 1.66. The summed E-state index contributed by atoms with van der Waals surface area (Å²) in [5, 5.41) is 2.87. The number of nitrogens with zero attached hydrogens (tertiary/aromatic N) is 4. The van der Waals surface area contributed by atoms with Gasteiger partial charge < -0.3 is 19.9 Å². The molecule has 0 unspecified atom stereocenters. The molecule has 1 N–H and O–H groups in total. The maximum absolute atomic E-state index is 13.3. The van der Waals surface area contributed by atoms with Crippen LogP contribution in [0, 0.1) is 6.92 Å². The summed E-state index contributed by atoms with van der Waals surface area (Å²) in [7, 11) is 1.71. The Bertz CT molecular complexity index is 725. The van der Waals surface area contributed by atoms with Crippen molar-refractivity contribution >= 4 is 11.9 Å². The highest BCUT2D eigenvalue weighted by Gasteiger charge is 2.30. The van der Waals surface area contributed by atoms with E-state index in [0.29, 0.717) is 19.6 Å². The van der Waals surface area contributed by atoms with Crippen molar-refractivity contribution in [1.29, 1.82) is 0 Å². The lowest BCUT2D eigenvalue weighted by Gasteiger charge is -2.36. The Labute approximate surface area is 179 Å². The smallest absolute Gasteiger partial charge is 0.317 e. The van der Waals surface area contributed by atoms with Gasteiger partial charge in [-0.1, -0.05) is 0 Å². The molecule has 0 saturated carbocycles. The molecule has 0 spiro atoms. The van der Waals surface area contributed by atoms with Crippen molar-refractivity contribution in [2.45, 2.75) is 32.6 Å². The maximum Gasteiger partial charge on any atom is 0.317 e. The van der Waals surface area contributed by atoms with Crippen LogP contribution in [0.25, 0.3) is 0 Å². The molecule has 0 atom stereocenters. The quantitative estimate of drug-likeness (QED) is 0.762. The Kier molecular flexibility index (Phi) is 8.04. The van der Waals surface area contributed by atoms with Crippen molar-refractivity contribution in [3.63, 3.8) is 0 Å². The van der Waals surface area contributed by atoms with Crippen LogP contribution >= 0.6 is 0 Å². The summed E-state index contributed by atoms with van der Waals surface area (Å²) < 4.78 is 5.16. The molecule has 2 aliphatic heterocycles. The predicted molar refractivity (Wildman–Crippen MR) is 116 cm³/mol. The third-order valence-electron chi connectivity index (χ3n) is 6.06. The van der Waals surface area contributed by atoms with E-state index in [2.05, 4.69) is 10.2 Å². The van der Waals surface area contributed by atoms with Crippen molar-refractivity contribution < 1.29 is 14.3 Å². The number of piperidine rings is 1. The van der Waals surface area contributed by atoms with Crippen molar-refractivity contribution in [1.82, 2.24) is 25.0 Å². The first-order valence-corrected chi connectivity index (χ1v) is 11.0. The van der Waals surface area contributed by atoms with Crippen LogP contribution in [-0.2, 0) is 4.74 Å². The molecule has 2 aliphatic rings. The van der Waals surface area contributed by atoms with Crippen LogP contribution < -0.4 is 5.32 Å². The van der Waals surface area contributed by atoms with E-state index < -0.39 is 0 Å². The van der Waals surface area contributed by atoms with E-state index >= 15 is 0 Å². The largest absolute Gasteiger partial charge is 0.383 e. The lowest BCUT2D eigenvalue weighted by Crippen LogP contribution is -2.49. The molecule has 0 radical (unpaired) electrons. The number of methoxy groups -OCH3 is 1. The number of piperazine rings is 1. The highest BCUT2D eigenvalue weighted by Crippen LogP contribution is 2.30. The van der Waals surface area contributed by atoms with E-state index in [4.69, 9.17) is 9.72 Å². The molecule has 166 valence electrons. The zero-order chi connectivity index (χ0) is 21.5. The SMILES string of the molecule is CCNC(=O)N1CCC(c2nc(C)ccc2C(=O)N2CCN(CCOC)CC2)CC1. The number of hydrogen-bond acceptors (Lipinski definition) is 5. The Morgan fingerprint density at radius 2 is 1.80 bits per heavy atom. The molecule has 30 heavy (non-hydrogen) atoms. The number of amides is 3. The lowest BCUT2D eigenvalue weighted by atomic mass is 9.89. The molecule has 0 bridgehead atoms. The summed E-state index contributed by atoms with van der Waals surface area (Å²) in [5.74, 6) is 0.285. The minimum atomic E-state index is -0.00389. The standard InChI is InChI=1S/C22H35N5O3/c1-4-23-22(29)27-9-7-18(8-10-27)20-19(6-5-17(2)24-20)21(28)26-13-11-25(12-14-26)15-16-30-3/h5-6,18H,4,7-16H2,1-3H3,(H,23,29). The van der Waals surface area contributed by atoms with Gasteiger partial charge in [0.05, 0.1) is 17.9 Å². The normalized spacial score (nSPS) is 18.5. The Morgan fingerprint density at radius 1 is 1.10 bits per heavy atom. The topological polar surface area (TPSA) is 78.0 Å². The van der Waals surface area contributed by atoms with Crippen LogP contribution in [0.15, 0.2) is 12.1 Å². The Hall–Kier alpha value is -2.19. The van der Waals surface area contributed by atoms with E-state index in [-0.39, 0.29) is 17.9 Å². The first kappa shape index (κ1) is 22.5. The van der Waals surface area contributed by atoms with E-state index in [1.807, 2.05) is 35.8 Å². The molecular formula is C22H35N5O3. The second kappa shape index (κ2) is 10.7. The second-order valence-corrected chi connectivity index (χ2v) is 8.11. The predicted octanol–water partition coefficient (Wildman–Crippen LogP) is 1.70. The molecule has 0 aromatic carbocycles. The molecular weight excluding hydrogens is 382 g/mol. The van der Waals surface area contributed by atoms with Gasteiger partial charge in [0, 0.05) is 71.1 Å². The molecule has 8 heteroatoms. The van der Waals surface area contributed by atoms with Gasteiger partial charge in [0.25, 0.3) is 5.91 Å². The van der Waals surface area contributed by atoms with E-state index in [1.54, 1.807) is 7.11 Å². The molecule has 3 rings (SSSR count). The average molecular weight is 418 g/mol. The van der Waals surface area contributed by atoms with Gasteiger partial charge in [-0.3, -0.25) is 14.7 Å². The maximum atomic E-state index is 13.3. The van der Waals surface area contributed by atoms with Crippen molar-refractivity contribution in [2.24, 2.45) is 0 Å². The fourth-order valence-corrected chi connectivity index (χ4v) is 4.25. The van der Waals surface area contributed by atoms with Crippen LogP contribution in [0.2, 0.25) is 0 Å². The van der Waals surface area contributed by atoms with E-state index in [0.717, 1.165) is 69.1 Å². The number of nitrogens with one attached hydrogen (secondary N) is 1. The van der Waals surface area contributed by atoms with E-state index in [1.165, 1.54) is 0 Å². The summed E-state index contributed by atoms with van der Waals surface area (Å²) in [5.41, 5.74) is 2.55. The van der Waals surface area contributed by atoms with Gasteiger partial charge in [0.1, 0.15) is 0 Å². The van der Waals surface area contributed by atoms with Crippen LogP contribution in [0.1, 0.15) is 47.4 Å². The summed E-state index contributed by atoms with van der Waals surface area (Å²) >= 11 is 0. The molecule has 8 nitrogen and oxygen atoms in total. The lowest BCUT2D eigenvalue weighted by molar-refractivity contribution is 0.0591. The van der Waals surface area contributed by atoms with Crippen molar-refractivity contribution in [2.75, 3.05) is 66.1 Å². The number of urea groups is 1. The number of rotatable bonds is 6. The third-order valence-corrected chi connectivity index (χ3v) is 6.06. The monoisotopic (exact) mass is 417 g/mol. The van der Waals surface area contributed by atoms with Gasteiger partial charge >= 0.3 is 6.03 Å².